The molecular weight excluding hydrogens is 298 g/mol. The maximum atomic E-state index is 12.5. The zero-order valence-electron chi connectivity index (χ0n) is 12.1. The number of carbonyl (C=O) groups is 1. The van der Waals surface area contributed by atoms with E-state index in [2.05, 4.69) is 0 Å². The van der Waals surface area contributed by atoms with E-state index in [1.807, 2.05) is 36.4 Å². The summed E-state index contributed by atoms with van der Waals surface area (Å²) < 4.78 is 24.7. The van der Waals surface area contributed by atoms with Gasteiger partial charge in [0.05, 0.1) is 5.75 Å². The minimum Gasteiger partial charge on any atom is -0.336 e. The lowest BCUT2D eigenvalue weighted by molar-refractivity contribution is 0.0758. The number of benzene rings is 2. The summed E-state index contributed by atoms with van der Waals surface area (Å²) in [6.07, 6.45) is 0. The lowest BCUT2D eigenvalue weighted by Gasteiger charge is -2.33. The minimum absolute atomic E-state index is 0.00509. The average molecular weight is 315 g/mol. The van der Waals surface area contributed by atoms with Gasteiger partial charge in [-0.1, -0.05) is 48.5 Å². The Morgan fingerprint density at radius 1 is 0.955 bits per heavy atom. The predicted molar refractivity (Wildman–Crippen MR) is 85.3 cm³/mol. The van der Waals surface area contributed by atoms with Crippen molar-refractivity contribution in [1.29, 1.82) is 0 Å². The van der Waals surface area contributed by atoms with Gasteiger partial charge in [0.25, 0.3) is 5.91 Å². The van der Waals surface area contributed by atoms with Crippen molar-refractivity contribution in [3.63, 3.8) is 0 Å². The molecular formula is C17H17NO3S. The number of hydrogen-bond acceptors (Lipinski definition) is 3. The molecule has 3 rings (SSSR count). The third-order valence-corrected chi connectivity index (χ3v) is 5.98. The fraction of sp³-hybridized carbons (Fsp3) is 0.235. The second-order valence-electron chi connectivity index (χ2n) is 5.38. The van der Waals surface area contributed by atoms with Crippen molar-refractivity contribution in [1.82, 2.24) is 4.90 Å². The lowest BCUT2D eigenvalue weighted by Crippen LogP contribution is -2.45. The van der Waals surface area contributed by atoms with E-state index >= 15 is 0 Å². The van der Waals surface area contributed by atoms with E-state index in [-0.39, 0.29) is 24.7 Å². The van der Waals surface area contributed by atoms with Crippen LogP contribution in [0.3, 0.4) is 0 Å². The number of carbonyl (C=O) groups excluding carboxylic acids is 1. The van der Waals surface area contributed by atoms with Crippen molar-refractivity contribution in [2.75, 3.05) is 18.8 Å². The fourth-order valence-corrected chi connectivity index (χ4v) is 4.45. The van der Waals surface area contributed by atoms with Gasteiger partial charge in [0, 0.05) is 18.7 Å². The van der Waals surface area contributed by atoms with E-state index in [9.17, 15) is 13.2 Å². The van der Waals surface area contributed by atoms with Gasteiger partial charge in [-0.3, -0.25) is 4.79 Å². The van der Waals surface area contributed by atoms with Crippen LogP contribution in [-0.2, 0) is 9.84 Å². The normalized spacial score (nSPS) is 20.5. The Morgan fingerprint density at radius 3 is 2.18 bits per heavy atom. The van der Waals surface area contributed by atoms with Gasteiger partial charge in [-0.05, 0) is 17.7 Å². The molecule has 0 aliphatic carbocycles. The highest BCUT2D eigenvalue weighted by Gasteiger charge is 2.36. The highest BCUT2D eigenvalue weighted by atomic mass is 32.2. The van der Waals surface area contributed by atoms with Gasteiger partial charge in [-0.25, -0.2) is 8.42 Å². The van der Waals surface area contributed by atoms with E-state index < -0.39 is 15.1 Å². The first-order chi connectivity index (χ1) is 10.6. The zero-order chi connectivity index (χ0) is 15.6. The van der Waals surface area contributed by atoms with Gasteiger partial charge >= 0.3 is 0 Å². The molecule has 22 heavy (non-hydrogen) atoms. The van der Waals surface area contributed by atoms with Crippen LogP contribution in [0, 0.1) is 0 Å². The van der Waals surface area contributed by atoms with Crippen LogP contribution >= 0.6 is 0 Å². The van der Waals surface area contributed by atoms with Crippen LogP contribution in [0.25, 0.3) is 0 Å². The molecule has 2 aromatic carbocycles. The molecule has 0 N–H and O–H groups in total. The minimum atomic E-state index is -3.22. The number of nitrogens with zero attached hydrogens (tertiary/aromatic N) is 1. The smallest absolute Gasteiger partial charge is 0.253 e. The second-order valence-corrected chi connectivity index (χ2v) is 7.69. The summed E-state index contributed by atoms with van der Waals surface area (Å²) in [5.41, 5.74) is 1.33. The molecule has 0 radical (unpaired) electrons. The Labute approximate surface area is 130 Å². The second kappa shape index (κ2) is 5.93. The van der Waals surface area contributed by atoms with E-state index in [0.29, 0.717) is 5.56 Å². The van der Waals surface area contributed by atoms with Crippen LogP contribution in [0.4, 0.5) is 0 Å². The monoisotopic (exact) mass is 315 g/mol. The molecule has 5 heteroatoms. The van der Waals surface area contributed by atoms with Crippen LogP contribution in [-0.4, -0.2) is 38.1 Å². The number of sulfone groups is 1. The Hall–Kier alpha value is -2.14. The average Bonchev–Trinajstić information content (AvgIpc) is 2.55. The summed E-state index contributed by atoms with van der Waals surface area (Å²) in [6.45, 7) is 0.458. The molecule has 1 amide bonds. The van der Waals surface area contributed by atoms with E-state index in [1.54, 1.807) is 29.2 Å². The summed E-state index contributed by atoms with van der Waals surface area (Å²) in [6, 6.07) is 18.1. The molecule has 1 aliphatic rings. The number of rotatable bonds is 2. The van der Waals surface area contributed by atoms with Gasteiger partial charge in [-0.15, -0.1) is 0 Å². The predicted octanol–water partition coefficient (Wildman–Crippen LogP) is 2.30. The Balaban J connectivity index is 1.87. The maximum absolute atomic E-state index is 12.5. The Bertz CT molecular complexity index is 757. The molecule has 0 saturated carbocycles. The first-order valence-corrected chi connectivity index (χ1v) is 8.90. The molecule has 0 spiro atoms. The third-order valence-electron chi connectivity index (χ3n) is 3.94. The van der Waals surface area contributed by atoms with E-state index in [4.69, 9.17) is 0 Å². The molecule has 2 aromatic rings. The van der Waals surface area contributed by atoms with Crippen molar-refractivity contribution in [2.24, 2.45) is 0 Å². The summed E-state index contributed by atoms with van der Waals surface area (Å²) in [4.78, 5) is 14.2. The van der Waals surface area contributed by atoms with E-state index in [1.165, 1.54) is 0 Å². The molecule has 114 valence electrons. The van der Waals surface area contributed by atoms with Crippen LogP contribution in [0.15, 0.2) is 60.7 Å². The molecule has 1 fully saturated rings. The number of hydrogen-bond donors (Lipinski definition) is 0. The quantitative estimate of drug-likeness (QED) is 0.854. The van der Waals surface area contributed by atoms with E-state index in [0.717, 1.165) is 5.56 Å². The van der Waals surface area contributed by atoms with Crippen molar-refractivity contribution in [3.05, 3.63) is 71.8 Å². The summed E-state index contributed by atoms with van der Waals surface area (Å²) >= 11 is 0. The Morgan fingerprint density at radius 2 is 1.55 bits per heavy atom. The summed E-state index contributed by atoms with van der Waals surface area (Å²) in [5.74, 6) is -0.109. The van der Waals surface area contributed by atoms with Crippen LogP contribution in [0.5, 0.6) is 0 Å². The molecule has 4 nitrogen and oxygen atoms in total. The molecule has 1 aliphatic heterocycles. The van der Waals surface area contributed by atoms with Crippen molar-refractivity contribution in [3.8, 4) is 0 Å². The molecule has 0 aromatic heterocycles. The van der Waals surface area contributed by atoms with Gasteiger partial charge in [0.15, 0.2) is 9.84 Å². The Kier molecular flexibility index (Phi) is 3.98. The zero-order valence-corrected chi connectivity index (χ0v) is 12.9. The van der Waals surface area contributed by atoms with Gasteiger partial charge < -0.3 is 4.90 Å². The van der Waals surface area contributed by atoms with Crippen LogP contribution in [0.1, 0.15) is 21.2 Å². The molecule has 1 heterocycles. The fourth-order valence-electron chi connectivity index (χ4n) is 2.71. The van der Waals surface area contributed by atoms with Crippen LogP contribution in [0.2, 0.25) is 0 Å². The molecule has 1 saturated heterocycles. The van der Waals surface area contributed by atoms with Crippen molar-refractivity contribution >= 4 is 15.7 Å². The topological polar surface area (TPSA) is 54.5 Å². The van der Waals surface area contributed by atoms with Crippen molar-refractivity contribution < 1.29 is 13.2 Å². The highest BCUT2D eigenvalue weighted by Crippen LogP contribution is 2.28. The van der Waals surface area contributed by atoms with Gasteiger partial charge in [0.1, 0.15) is 5.25 Å². The van der Waals surface area contributed by atoms with Gasteiger partial charge in [-0.2, -0.15) is 0 Å². The third kappa shape index (κ3) is 2.90. The first kappa shape index (κ1) is 14.8. The van der Waals surface area contributed by atoms with Crippen molar-refractivity contribution in [2.45, 2.75) is 5.25 Å². The maximum Gasteiger partial charge on any atom is 0.253 e. The summed E-state index contributed by atoms with van der Waals surface area (Å²) in [7, 11) is -3.22. The van der Waals surface area contributed by atoms with Crippen LogP contribution < -0.4 is 0 Å². The molecule has 1 unspecified atom stereocenters. The lowest BCUT2D eigenvalue weighted by atomic mass is 10.1. The standard InChI is InChI=1S/C17H17NO3S/c19-17(15-9-5-2-6-10-15)18-11-12-22(20,21)16(13-18)14-7-3-1-4-8-14/h1-10,16H,11-13H2. The first-order valence-electron chi connectivity index (χ1n) is 7.19. The van der Waals surface area contributed by atoms with Gasteiger partial charge in [0.2, 0.25) is 0 Å². The highest BCUT2D eigenvalue weighted by molar-refractivity contribution is 7.91. The molecule has 0 bridgehead atoms. The largest absolute Gasteiger partial charge is 0.336 e. The number of amides is 1. The molecule has 1 atom stereocenters. The SMILES string of the molecule is O=C(c1ccccc1)N1CCS(=O)(=O)C(c2ccccc2)C1. The summed E-state index contributed by atoms with van der Waals surface area (Å²) in [5, 5.41) is -0.643.